The Morgan fingerprint density at radius 1 is 1.22 bits per heavy atom. The molecule has 0 aromatic heterocycles. The molecule has 27 heavy (non-hydrogen) atoms. The summed E-state index contributed by atoms with van der Waals surface area (Å²) in [5, 5.41) is 2.29. The molecule has 146 valence electrons. The minimum Gasteiger partial charge on any atom is -0.322 e. The van der Waals surface area contributed by atoms with Crippen LogP contribution in [-0.4, -0.2) is 49.9 Å². The molecular formula is C18H22N2O6S. The molecule has 1 fully saturated rings. The molecule has 2 aliphatic heterocycles. The van der Waals surface area contributed by atoms with E-state index in [-0.39, 0.29) is 24.8 Å². The first kappa shape index (κ1) is 19.5. The monoisotopic (exact) mass is 394 g/mol. The van der Waals surface area contributed by atoms with Crippen LogP contribution in [0.3, 0.4) is 0 Å². The molecule has 9 heteroatoms. The Labute approximate surface area is 158 Å². The summed E-state index contributed by atoms with van der Waals surface area (Å²) in [7, 11) is -3.43. The summed E-state index contributed by atoms with van der Waals surface area (Å²) in [5.41, 5.74) is 2.50. The number of unbranched alkanes of at least 4 members (excludes halogenated alkanes) is 1. The summed E-state index contributed by atoms with van der Waals surface area (Å²) in [6, 6.07) is 4.88. The zero-order valence-corrected chi connectivity index (χ0v) is 15.9. The average molecular weight is 394 g/mol. The van der Waals surface area contributed by atoms with E-state index in [0.717, 1.165) is 23.8 Å². The van der Waals surface area contributed by atoms with Gasteiger partial charge in [-0.1, -0.05) is 12.1 Å². The number of hydrogen-bond donors (Lipinski definition) is 1. The van der Waals surface area contributed by atoms with E-state index < -0.39 is 22.1 Å². The first-order chi connectivity index (χ1) is 12.8. The molecule has 1 aromatic carbocycles. The van der Waals surface area contributed by atoms with Crippen LogP contribution in [0.15, 0.2) is 18.2 Å². The molecular weight excluding hydrogens is 372 g/mol. The minimum absolute atomic E-state index is 0.134. The van der Waals surface area contributed by atoms with Gasteiger partial charge in [-0.25, -0.2) is 0 Å². The quantitative estimate of drug-likeness (QED) is 0.415. The number of hydrogen-bond acceptors (Lipinski definition) is 6. The molecule has 0 bridgehead atoms. The highest BCUT2D eigenvalue weighted by Gasteiger charge is 2.39. The summed E-state index contributed by atoms with van der Waals surface area (Å²) in [5.74, 6) is -0.925. The molecule has 0 saturated carbocycles. The number of carbonyl (C=O) groups excluding carboxylic acids is 3. The highest BCUT2D eigenvalue weighted by molar-refractivity contribution is 7.85. The molecule has 0 spiro atoms. The van der Waals surface area contributed by atoms with Crippen molar-refractivity contribution in [3.63, 3.8) is 0 Å². The van der Waals surface area contributed by atoms with Crippen molar-refractivity contribution in [3.05, 3.63) is 34.9 Å². The lowest BCUT2D eigenvalue weighted by atomic mass is 9.99. The van der Waals surface area contributed by atoms with Crippen molar-refractivity contribution in [2.24, 2.45) is 0 Å². The Kier molecular flexibility index (Phi) is 5.61. The fourth-order valence-electron chi connectivity index (χ4n) is 3.51. The van der Waals surface area contributed by atoms with E-state index in [1.807, 2.05) is 12.1 Å². The third-order valence-corrected chi connectivity index (χ3v) is 5.41. The summed E-state index contributed by atoms with van der Waals surface area (Å²) in [6.45, 7) is 0.478. The number of fused-ring (bicyclic) bond motifs is 1. The molecule has 1 atom stereocenters. The number of aryl methyl sites for hydroxylation is 1. The van der Waals surface area contributed by atoms with Crippen LogP contribution < -0.4 is 5.32 Å². The van der Waals surface area contributed by atoms with Gasteiger partial charge in [-0.15, -0.1) is 0 Å². The molecule has 2 aliphatic rings. The van der Waals surface area contributed by atoms with Gasteiger partial charge in [0.15, 0.2) is 0 Å². The van der Waals surface area contributed by atoms with E-state index in [2.05, 4.69) is 5.32 Å². The van der Waals surface area contributed by atoms with E-state index in [4.69, 9.17) is 4.18 Å². The predicted molar refractivity (Wildman–Crippen MR) is 96.2 cm³/mol. The summed E-state index contributed by atoms with van der Waals surface area (Å²) >= 11 is 0. The topological polar surface area (TPSA) is 110 Å². The second-order valence-electron chi connectivity index (χ2n) is 6.83. The summed E-state index contributed by atoms with van der Waals surface area (Å²) in [6.07, 6.45) is 3.57. The number of piperidine rings is 1. The Hall–Kier alpha value is -2.26. The molecule has 1 saturated heterocycles. The maximum absolute atomic E-state index is 12.7. The second-order valence-corrected chi connectivity index (χ2v) is 8.47. The van der Waals surface area contributed by atoms with Crippen molar-refractivity contribution in [1.29, 1.82) is 0 Å². The number of amides is 3. The Morgan fingerprint density at radius 2 is 2.00 bits per heavy atom. The van der Waals surface area contributed by atoms with Crippen molar-refractivity contribution in [2.75, 3.05) is 12.9 Å². The Balaban J connectivity index is 1.65. The fraction of sp³-hybridized carbons (Fsp3) is 0.500. The van der Waals surface area contributed by atoms with Gasteiger partial charge in [0.1, 0.15) is 6.04 Å². The third kappa shape index (κ3) is 4.54. The highest BCUT2D eigenvalue weighted by Crippen LogP contribution is 2.30. The third-order valence-electron chi connectivity index (χ3n) is 4.82. The zero-order valence-electron chi connectivity index (χ0n) is 15.1. The lowest BCUT2D eigenvalue weighted by molar-refractivity contribution is -0.136. The average Bonchev–Trinajstić information content (AvgIpc) is 2.91. The van der Waals surface area contributed by atoms with Crippen LogP contribution in [0.5, 0.6) is 0 Å². The molecule has 8 nitrogen and oxygen atoms in total. The molecule has 3 rings (SSSR count). The zero-order chi connectivity index (χ0) is 19.6. The number of imide groups is 1. The van der Waals surface area contributed by atoms with E-state index >= 15 is 0 Å². The molecule has 1 aromatic rings. The SMILES string of the molecule is CS(=O)(=O)OCCCCc1cccc2c1CN(C1CCC(=O)NC1=O)C2=O. The van der Waals surface area contributed by atoms with Gasteiger partial charge in [-0.3, -0.25) is 23.9 Å². The summed E-state index contributed by atoms with van der Waals surface area (Å²) in [4.78, 5) is 37.7. The van der Waals surface area contributed by atoms with Gasteiger partial charge in [0.05, 0.1) is 12.9 Å². The largest absolute Gasteiger partial charge is 0.322 e. The lowest BCUT2D eigenvalue weighted by Gasteiger charge is -2.29. The number of benzene rings is 1. The van der Waals surface area contributed by atoms with Crippen molar-refractivity contribution >= 4 is 27.8 Å². The first-order valence-electron chi connectivity index (χ1n) is 8.86. The van der Waals surface area contributed by atoms with Crippen molar-refractivity contribution < 1.29 is 27.0 Å². The smallest absolute Gasteiger partial charge is 0.264 e. The fourth-order valence-corrected chi connectivity index (χ4v) is 3.93. The van der Waals surface area contributed by atoms with Gasteiger partial charge in [-0.05, 0) is 42.9 Å². The first-order valence-corrected chi connectivity index (χ1v) is 10.7. The molecule has 0 aliphatic carbocycles. The number of nitrogens with one attached hydrogen (secondary N) is 1. The van der Waals surface area contributed by atoms with E-state index in [9.17, 15) is 22.8 Å². The summed E-state index contributed by atoms with van der Waals surface area (Å²) < 4.78 is 26.7. The standard InChI is InChI=1S/C18H22N2O6S/c1-27(24,25)26-10-3-2-5-12-6-4-7-13-14(12)11-20(18(13)23)15-8-9-16(21)19-17(15)22/h4,6-7,15H,2-3,5,8-11H2,1H3,(H,19,21,22). The van der Waals surface area contributed by atoms with Gasteiger partial charge >= 0.3 is 0 Å². The van der Waals surface area contributed by atoms with Gasteiger partial charge in [0.25, 0.3) is 16.0 Å². The van der Waals surface area contributed by atoms with Crippen LogP contribution in [-0.2, 0) is 36.9 Å². The molecule has 2 heterocycles. The Bertz CT molecular complexity index is 880. The van der Waals surface area contributed by atoms with E-state index in [0.29, 0.717) is 31.4 Å². The van der Waals surface area contributed by atoms with Crippen molar-refractivity contribution in [3.8, 4) is 0 Å². The maximum Gasteiger partial charge on any atom is 0.264 e. The lowest BCUT2D eigenvalue weighted by Crippen LogP contribution is -2.52. The molecule has 0 radical (unpaired) electrons. The van der Waals surface area contributed by atoms with Gasteiger partial charge in [0, 0.05) is 18.5 Å². The number of rotatable bonds is 7. The molecule has 1 N–H and O–H groups in total. The second kappa shape index (κ2) is 7.77. The Morgan fingerprint density at radius 3 is 2.70 bits per heavy atom. The minimum atomic E-state index is -3.43. The van der Waals surface area contributed by atoms with E-state index in [1.165, 1.54) is 4.90 Å². The van der Waals surface area contributed by atoms with E-state index in [1.54, 1.807) is 6.07 Å². The van der Waals surface area contributed by atoms with Crippen LogP contribution in [0.25, 0.3) is 0 Å². The van der Waals surface area contributed by atoms with Crippen LogP contribution in [0, 0.1) is 0 Å². The molecule has 1 unspecified atom stereocenters. The maximum atomic E-state index is 12.7. The van der Waals surface area contributed by atoms with Crippen LogP contribution in [0.4, 0.5) is 0 Å². The predicted octanol–water partition coefficient (Wildman–Crippen LogP) is 0.746. The molecule has 3 amide bonds. The number of nitrogens with zero attached hydrogens (tertiary/aromatic N) is 1. The van der Waals surface area contributed by atoms with Crippen LogP contribution in [0.1, 0.15) is 47.2 Å². The van der Waals surface area contributed by atoms with Crippen LogP contribution in [0.2, 0.25) is 0 Å². The normalized spacial score (nSPS) is 20.0. The van der Waals surface area contributed by atoms with Crippen molar-refractivity contribution in [1.82, 2.24) is 10.2 Å². The van der Waals surface area contributed by atoms with Crippen LogP contribution >= 0.6 is 0 Å². The highest BCUT2D eigenvalue weighted by atomic mass is 32.2. The number of carbonyl (C=O) groups is 3. The van der Waals surface area contributed by atoms with Gasteiger partial charge in [-0.2, -0.15) is 8.42 Å². The van der Waals surface area contributed by atoms with Gasteiger partial charge < -0.3 is 4.90 Å². The van der Waals surface area contributed by atoms with Gasteiger partial charge in [0.2, 0.25) is 11.8 Å². The van der Waals surface area contributed by atoms with Crippen molar-refractivity contribution in [2.45, 2.75) is 44.7 Å².